The number of rotatable bonds is 7. The second kappa shape index (κ2) is 8.29. The van der Waals surface area contributed by atoms with E-state index in [0.29, 0.717) is 5.92 Å². The van der Waals surface area contributed by atoms with Crippen LogP contribution in [0.3, 0.4) is 0 Å². The molecule has 0 heterocycles. The molecular weight excluding hydrogens is 314 g/mol. The van der Waals surface area contributed by atoms with E-state index in [2.05, 4.69) is 29.2 Å². The molecule has 0 radical (unpaired) electrons. The number of ether oxygens (including phenoxy) is 1. The molecule has 2 rings (SSSR count). The Labute approximate surface area is 139 Å². The van der Waals surface area contributed by atoms with E-state index in [0.717, 1.165) is 5.69 Å². The molecule has 0 aliphatic heterocycles. The van der Waals surface area contributed by atoms with Gasteiger partial charge in [-0.1, -0.05) is 38.1 Å². The van der Waals surface area contributed by atoms with Crippen LogP contribution in [0, 0.1) is 0 Å². The van der Waals surface area contributed by atoms with Gasteiger partial charge in [0.15, 0.2) is 0 Å². The largest absolute Gasteiger partial charge is 0.433 e. The summed E-state index contributed by atoms with van der Waals surface area (Å²) in [5.74, 6) is 0.0177. The van der Waals surface area contributed by atoms with Crippen molar-refractivity contribution in [1.29, 1.82) is 0 Å². The highest BCUT2D eigenvalue weighted by Gasteiger charge is 2.11. The number of alkyl halides is 2. The summed E-state index contributed by atoms with van der Waals surface area (Å²) in [6.07, 6.45) is 0. The molecule has 0 saturated heterocycles. The third kappa shape index (κ3) is 5.22. The van der Waals surface area contributed by atoms with Crippen molar-refractivity contribution < 1.29 is 18.3 Å². The van der Waals surface area contributed by atoms with Gasteiger partial charge in [-0.05, 0) is 35.7 Å². The van der Waals surface area contributed by atoms with Crippen LogP contribution in [-0.2, 0) is 4.79 Å². The number of amides is 1. The molecule has 0 unspecified atom stereocenters. The zero-order chi connectivity index (χ0) is 17.5. The minimum atomic E-state index is -2.94. The molecule has 0 atom stereocenters. The molecule has 6 heteroatoms. The van der Waals surface area contributed by atoms with Crippen LogP contribution in [0.15, 0.2) is 48.5 Å². The fourth-order valence-corrected chi connectivity index (χ4v) is 2.13. The number of benzene rings is 2. The number of carbonyl (C=O) groups is 1. The fraction of sp³-hybridized carbons (Fsp3) is 0.278. The highest BCUT2D eigenvalue weighted by molar-refractivity contribution is 5.95. The topological polar surface area (TPSA) is 50.4 Å². The monoisotopic (exact) mass is 334 g/mol. The van der Waals surface area contributed by atoms with Crippen molar-refractivity contribution in [1.82, 2.24) is 0 Å². The average molecular weight is 334 g/mol. The molecule has 2 aromatic carbocycles. The summed E-state index contributed by atoms with van der Waals surface area (Å²) in [4.78, 5) is 12.0. The highest BCUT2D eigenvalue weighted by Crippen LogP contribution is 2.25. The van der Waals surface area contributed by atoms with Crippen LogP contribution in [-0.4, -0.2) is 19.1 Å². The lowest BCUT2D eigenvalue weighted by molar-refractivity contribution is -0.114. The van der Waals surface area contributed by atoms with Crippen molar-refractivity contribution in [2.75, 3.05) is 17.2 Å². The number of nitrogens with one attached hydrogen (secondary N) is 2. The number of hydrogen-bond acceptors (Lipinski definition) is 3. The van der Waals surface area contributed by atoms with Crippen LogP contribution in [0.5, 0.6) is 5.75 Å². The molecule has 0 spiro atoms. The highest BCUT2D eigenvalue weighted by atomic mass is 19.3. The summed E-state index contributed by atoms with van der Waals surface area (Å²) in [5.41, 5.74) is 2.23. The van der Waals surface area contributed by atoms with Crippen molar-refractivity contribution in [2.45, 2.75) is 26.4 Å². The number of hydrogen-bond donors (Lipinski definition) is 2. The third-order valence-corrected chi connectivity index (χ3v) is 3.41. The van der Waals surface area contributed by atoms with E-state index in [1.165, 1.54) is 17.7 Å². The Balaban J connectivity index is 1.92. The van der Waals surface area contributed by atoms with E-state index in [1.54, 1.807) is 12.1 Å². The number of carbonyl (C=O) groups excluding carboxylic acids is 1. The first-order valence-electron chi connectivity index (χ1n) is 7.63. The van der Waals surface area contributed by atoms with Crippen LogP contribution < -0.4 is 15.4 Å². The Morgan fingerprint density at radius 2 is 1.75 bits per heavy atom. The van der Waals surface area contributed by atoms with Gasteiger partial charge in [-0.15, -0.1) is 0 Å². The molecule has 0 aliphatic rings. The Kier molecular flexibility index (Phi) is 6.12. The van der Waals surface area contributed by atoms with E-state index in [4.69, 9.17) is 0 Å². The SMILES string of the molecule is CC(C)c1ccc(NCC(=O)Nc2ccccc2OC(F)F)cc1. The van der Waals surface area contributed by atoms with Gasteiger partial charge in [0.1, 0.15) is 5.75 Å². The smallest absolute Gasteiger partial charge is 0.387 e. The molecule has 24 heavy (non-hydrogen) atoms. The minimum absolute atomic E-state index is 0.0179. The van der Waals surface area contributed by atoms with Crippen molar-refractivity contribution in [3.8, 4) is 5.75 Å². The summed E-state index contributed by atoms with van der Waals surface area (Å²) >= 11 is 0. The van der Waals surface area contributed by atoms with Gasteiger partial charge in [-0.2, -0.15) is 8.78 Å². The van der Waals surface area contributed by atoms with Gasteiger partial charge >= 0.3 is 6.61 Å². The second-order valence-electron chi connectivity index (χ2n) is 5.55. The molecular formula is C18H20F2N2O2. The van der Waals surface area contributed by atoms with Crippen molar-refractivity contribution >= 4 is 17.3 Å². The van der Waals surface area contributed by atoms with Crippen LogP contribution in [0.25, 0.3) is 0 Å². The Hall–Kier alpha value is -2.63. The fourth-order valence-electron chi connectivity index (χ4n) is 2.13. The number of anilines is 2. The lowest BCUT2D eigenvalue weighted by Crippen LogP contribution is -2.22. The van der Waals surface area contributed by atoms with Gasteiger partial charge in [0, 0.05) is 5.69 Å². The predicted octanol–water partition coefficient (Wildman–Crippen LogP) is 4.46. The maximum Gasteiger partial charge on any atom is 0.387 e. The number of para-hydroxylation sites is 2. The molecule has 1 amide bonds. The van der Waals surface area contributed by atoms with E-state index >= 15 is 0 Å². The minimum Gasteiger partial charge on any atom is -0.433 e. The number of halogens is 2. The van der Waals surface area contributed by atoms with Crippen LogP contribution in [0.4, 0.5) is 20.2 Å². The molecule has 0 fully saturated rings. The molecule has 2 N–H and O–H groups in total. The maximum absolute atomic E-state index is 12.3. The van der Waals surface area contributed by atoms with E-state index < -0.39 is 6.61 Å². The first kappa shape index (κ1) is 17.7. The third-order valence-electron chi connectivity index (χ3n) is 3.41. The van der Waals surface area contributed by atoms with Gasteiger partial charge in [0.25, 0.3) is 0 Å². The van der Waals surface area contributed by atoms with E-state index in [9.17, 15) is 13.6 Å². The summed E-state index contributed by atoms with van der Waals surface area (Å²) < 4.78 is 29.1. The zero-order valence-corrected chi connectivity index (χ0v) is 13.6. The van der Waals surface area contributed by atoms with Crippen molar-refractivity contribution in [3.05, 3.63) is 54.1 Å². The summed E-state index contributed by atoms with van der Waals surface area (Å²) in [6.45, 7) is 1.29. The standard InChI is InChI=1S/C18H20F2N2O2/c1-12(2)13-7-9-14(10-8-13)21-11-17(23)22-15-5-3-4-6-16(15)24-18(19)20/h3-10,12,18,21H,11H2,1-2H3,(H,22,23). The zero-order valence-electron chi connectivity index (χ0n) is 13.6. The molecule has 0 bridgehead atoms. The first-order valence-corrected chi connectivity index (χ1v) is 7.63. The lowest BCUT2D eigenvalue weighted by atomic mass is 10.0. The van der Waals surface area contributed by atoms with Gasteiger partial charge in [-0.3, -0.25) is 4.79 Å². The quantitative estimate of drug-likeness (QED) is 0.786. The van der Waals surface area contributed by atoms with E-state index in [-0.39, 0.29) is 23.9 Å². The van der Waals surface area contributed by atoms with Crippen molar-refractivity contribution in [2.24, 2.45) is 0 Å². The molecule has 0 aliphatic carbocycles. The molecule has 128 valence electrons. The molecule has 0 aromatic heterocycles. The average Bonchev–Trinajstić information content (AvgIpc) is 2.54. The summed E-state index contributed by atoms with van der Waals surface area (Å²) in [5, 5.41) is 5.55. The second-order valence-corrected chi connectivity index (χ2v) is 5.55. The van der Waals surface area contributed by atoms with E-state index in [1.807, 2.05) is 24.3 Å². The Morgan fingerprint density at radius 3 is 2.38 bits per heavy atom. The Morgan fingerprint density at radius 1 is 1.08 bits per heavy atom. The lowest BCUT2D eigenvalue weighted by Gasteiger charge is -2.12. The first-order chi connectivity index (χ1) is 11.5. The predicted molar refractivity (Wildman–Crippen MR) is 90.7 cm³/mol. The Bertz CT molecular complexity index is 673. The van der Waals surface area contributed by atoms with Gasteiger partial charge < -0.3 is 15.4 Å². The van der Waals surface area contributed by atoms with Crippen LogP contribution in [0.1, 0.15) is 25.3 Å². The van der Waals surface area contributed by atoms with Crippen LogP contribution in [0.2, 0.25) is 0 Å². The molecule has 4 nitrogen and oxygen atoms in total. The van der Waals surface area contributed by atoms with Gasteiger partial charge in [0.2, 0.25) is 5.91 Å². The maximum atomic E-state index is 12.3. The molecule has 2 aromatic rings. The van der Waals surface area contributed by atoms with Crippen LogP contribution >= 0.6 is 0 Å². The normalized spacial score (nSPS) is 10.8. The summed E-state index contributed by atoms with van der Waals surface area (Å²) in [6, 6.07) is 13.9. The molecule has 0 saturated carbocycles. The van der Waals surface area contributed by atoms with Crippen molar-refractivity contribution in [3.63, 3.8) is 0 Å². The van der Waals surface area contributed by atoms with Gasteiger partial charge in [0.05, 0.1) is 12.2 Å². The van der Waals surface area contributed by atoms with Gasteiger partial charge in [-0.25, -0.2) is 0 Å². The summed E-state index contributed by atoms with van der Waals surface area (Å²) in [7, 11) is 0.